The molecule has 2 aromatic heterocycles. The third kappa shape index (κ3) is 2.30. The first kappa shape index (κ1) is 14.7. The highest BCUT2D eigenvalue weighted by Crippen LogP contribution is 2.34. The van der Waals surface area contributed by atoms with Crippen LogP contribution in [0.15, 0.2) is 35.3 Å². The highest BCUT2D eigenvalue weighted by Gasteiger charge is 2.19. The van der Waals surface area contributed by atoms with E-state index >= 15 is 0 Å². The van der Waals surface area contributed by atoms with Gasteiger partial charge in [-0.2, -0.15) is 0 Å². The fourth-order valence-electron chi connectivity index (χ4n) is 2.46. The van der Waals surface area contributed by atoms with Crippen molar-refractivity contribution in [2.75, 3.05) is 6.61 Å². The average molecular weight is 322 g/mol. The molecule has 2 heterocycles. The Morgan fingerprint density at radius 3 is 2.73 bits per heavy atom. The van der Waals surface area contributed by atoms with Gasteiger partial charge in [-0.15, -0.1) is 0 Å². The first-order valence-corrected chi connectivity index (χ1v) is 7.06. The predicted octanol–water partition coefficient (Wildman–Crippen LogP) is 2.74. The molecule has 114 valence electrons. The van der Waals surface area contributed by atoms with E-state index in [1.165, 1.54) is 22.9 Å². The molecule has 0 unspecified atom stereocenters. The summed E-state index contributed by atoms with van der Waals surface area (Å²) in [6.07, 6.45) is 1.44. The maximum Gasteiger partial charge on any atom is 0.328 e. The number of imidazole rings is 1. The zero-order valence-electron chi connectivity index (χ0n) is 11.7. The summed E-state index contributed by atoms with van der Waals surface area (Å²) in [7, 11) is 0. The van der Waals surface area contributed by atoms with E-state index in [1.807, 2.05) is 0 Å². The lowest BCUT2D eigenvalue weighted by molar-refractivity contribution is 0.239. The lowest BCUT2D eigenvalue weighted by Gasteiger charge is -2.13. The second-order valence-corrected chi connectivity index (χ2v) is 5.42. The van der Waals surface area contributed by atoms with E-state index in [9.17, 15) is 14.3 Å². The first-order valence-electron chi connectivity index (χ1n) is 6.68. The zero-order chi connectivity index (χ0) is 15.9. The van der Waals surface area contributed by atoms with Crippen molar-refractivity contribution >= 4 is 22.8 Å². The molecule has 3 rings (SSSR count). The molecule has 0 amide bonds. The number of hydrogen-bond donors (Lipinski definition) is 2. The van der Waals surface area contributed by atoms with Crippen molar-refractivity contribution < 1.29 is 9.50 Å². The van der Waals surface area contributed by atoms with Gasteiger partial charge in [0.15, 0.2) is 5.65 Å². The predicted molar refractivity (Wildman–Crippen MR) is 82.6 cm³/mol. The third-order valence-electron chi connectivity index (χ3n) is 3.53. The van der Waals surface area contributed by atoms with Gasteiger partial charge in [-0.3, -0.25) is 9.55 Å². The molecule has 5 nitrogen and oxygen atoms in total. The van der Waals surface area contributed by atoms with E-state index in [2.05, 4.69) is 9.97 Å². The minimum Gasteiger partial charge on any atom is -0.394 e. The van der Waals surface area contributed by atoms with Crippen molar-refractivity contribution in [1.82, 2.24) is 14.5 Å². The minimum atomic E-state index is -0.444. The second-order valence-electron chi connectivity index (χ2n) is 5.02. The van der Waals surface area contributed by atoms with Gasteiger partial charge in [0.25, 0.3) is 0 Å². The molecule has 0 saturated heterocycles. The van der Waals surface area contributed by atoms with Crippen molar-refractivity contribution in [1.29, 1.82) is 0 Å². The summed E-state index contributed by atoms with van der Waals surface area (Å²) in [5.41, 5.74) is 1.72. The number of aromatic amines is 1. The molecule has 0 aliphatic rings. The van der Waals surface area contributed by atoms with Crippen LogP contribution in [0.25, 0.3) is 22.3 Å². The van der Waals surface area contributed by atoms with Gasteiger partial charge in [-0.1, -0.05) is 23.7 Å². The largest absolute Gasteiger partial charge is 0.394 e. The van der Waals surface area contributed by atoms with Crippen LogP contribution in [0.5, 0.6) is 0 Å². The van der Waals surface area contributed by atoms with E-state index in [1.54, 1.807) is 19.1 Å². The molecule has 1 aromatic carbocycles. The lowest BCUT2D eigenvalue weighted by Crippen LogP contribution is -2.22. The molecule has 0 aliphatic carbocycles. The van der Waals surface area contributed by atoms with Crippen LogP contribution < -0.4 is 5.69 Å². The number of halogens is 2. The van der Waals surface area contributed by atoms with Gasteiger partial charge < -0.3 is 5.11 Å². The van der Waals surface area contributed by atoms with Crippen molar-refractivity contribution in [3.8, 4) is 11.1 Å². The molecular formula is C15H13ClFN3O2. The highest BCUT2D eigenvalue weighted by molar-refractivity contribution is 6.34. The number of pyridine rings is 1. The molecule has 0 bridgehead atoms. The number of aliphatic hydroxyl groups is 1. The highest BCUT2D eigenvalue weighted by atomic mass is 35.5. The number of H-pyrrole nitrogens is 1. The van der Waals surface area contributed by atoms with E-state index < -0.39 is 6.04 Å². The fourth-order valence-corrected chi connectivity index (χ4v) is 2.71. The third-order valence-corrected chi connectivity index (χ3v) is 3.82. The summed E-state index contributed by atoms with van der Waals surface area (Å²) in [5, 5.41) is 9.73. The smallest absolute Gasteiger partial charge is 0.328 e. The minimum absolute atomic E-state index is 0.206. The van der Waals surface area contributed by atoms with Crippen LogP contribution in [0.3, 0.4) is 0 Å². The number of rotatable bonds is 3. The number of aliphatic hydroxyl groups excluding tert-OH is 1. The Kier molecular flexibility index (Phi) is 3.72. The van der Waals surface area contributed by atoms with Gasteiger partial charge in [-0.05, 0) is 24.6 Å². The number of nitrogens with one attached hydrogen (secondary N) is 1. The number of nitrogens with zero attached hydrogens (tertiary/aromatic N) is 2. The SMILES string of the molecule is C[C@@H](CO)n1c(=O)[nH]c2ncc(Cl)c(-c3ccc(F)cc3)c21. The summed E-state index contributed by atoms with van der Waals surface area (Å²) in [6.45, 7) is 1.51. The molecule has 0 saturated carbocycles. The Morgan fingerprint density at radius 1 is 1.41 bits per heavy atom. The Balaban J connectivity index is 2.40. The van der Waals surface area contributed by atoms with Crippen LogP contribution in [-0.4, -0.2) is 26.2 Å². The summed E-state index contributed by atoms with van der Waals surface area (Å²) in [6, 6.07) is 5.37. The first-order chi connectivity index (χ1) is 10.5. The van der Waals surface area contributed by atoms with Crippen LogP contribution >= 0.6 is 11.6 Å². The number of hydrogen-bond acceptors (Lipinski definition) is 3. The van der Waals surface area contributed by atoms with Crippen LogP contribution in [0, 0.1) is 5.82 Å². The zero-order valence-corrected chi connectivity index (χ0v) is 12.4. The van der Waals surface area contributed by atoms with Crippen molar-refractivity contribution in [2.45, 2.75) is 13.0 Å². The van der Waals surface area contributed by atoms with Crippen molar-refractivity contribution in [2.24, 2.45) is 0 Å². The molecule has 0 aliphatic heterocycles. The molecule has 3 aromatic rings. The quantitative estimate of drug-likeness (QED) is 0.779. The number of aromatic nitrogens is 3. The van der Waals surface area contributed by atoms with Gasteiger partial charge in [0.05, 0.1) is 23.2 Å². The Labute approximate surface area is 130 Å². The Hall–Kier alpha value is -2.18. The maximum absolute atomic E-state index is 13.1. The molecule has 0 radical (unpaired) electrons. The van der Waals surface area contributed by atoms with Gasteiger partial charge in [0, 0.05) is 11.8 Å². The maximum atomic E-state index is 13.1. The van der Waals surface area contributed by atoms with Gasteiger partial charge in [0.1, 0.15) is 5.82 Å². The molecule has 22 heavy (non-hydrogen) atoms. The number of fused-ring (bicyclic) bond motifs is 1. The van der Waals surface area contributed by atoms with Crippen molar-refractivity contribution in [3.63, 3.8) is 0 Å². The van der Waals surface area contributed by atoms with Crippen LogP contribution in [-0.2, 0) is 0 Å². The molecule has 2 N–H and O–H groups in total. The molecule has 7 heteroatoms. The second kappa shape index (κ2) is 5.55. The summed E-state index contributed by atoms with van der Waals surface area (Å²) in [4.78, 5) is 18.9. The van der Waals surface area contributed by atoms with Crippen LogP contribution in [0.1, 0.15) is 13.0 Å². The molecule has 1 atom stereocenters. The van der Waals surface area contributed by atoms with E-state index in [4.69, 9.17) is 11.6 Å². The Bertz CT molecular complexity index is 886. The molecular weight excluding hydrogens is 309 g/mol. The topological polar surface area (TPSA) is 70.9 Å². The Morgan fingerprint density at radius 2 is 2.09 bits per heavy atom. The van der Waals surface area contributed by atoms with E-state index in [0.717, 1.165) is 0 Å². The average Bonchev–Trinajstić information content (AvgIpc) is 2.84. The van der Waals surface area contributed by atoms with Crippen molar-refractivity contribution in [3.05, 3.63) is 51.8 Å². The fraction of sp³-hybridized carbons (Fsp3) is 0.200. The lowest BCUT2D eigenvalue weighted by atomic mass is 10.1. The monoisotopic (exact) mass is 321 g/mol. The standard InChI is InChI=1S/C15H13ClFN3O2/c1-8(7-21)20-13-12(9-2-4-10(17)5-3-9)11(16)6-18-14(13)19-15(20)22/h2-6,8,21H,7H2,1H3,(H,18,19,22)/t8-/m0/s1. The van der Waals surface area contributed by atoms with Crippen LogP contribution in [0.4, 0.5) is 4.39 Å². The van der Waals surface area contributed by atoms with Gasteiger partial charge in [0.2, 0.25) is 0 Å². The number of benzene rings is 1. The van der Waals surface area contributed by atoms with Crippen LogP contribution in [0.2, 0.25) is 5.02 Å². The summed E-state index contributed by atoms with van der Waals surface area (Å²) < 4.78 is 14.6. The van der Waals surface area contributed by atoms with E-state index in [0.29, 0.717) is 27.3 Å². The molecule has 0 fully saturated rings. The molecule has 0 spiro atoms. The van der Waals surface area contributed by atoms with Gasteiger partial charge in [-0.25, -0.2) is 14.2 Å². The van der Waals surface area contributed by atoms with E-state index in [-0.39, 0.29) is 18.1 Å². The normalized spacial score (nSPS) is 12.7. The summed E-state index contributed by atoms with van der Waals surface area (Å²) >= 11 is 6.26. The van der Waals surface area contributed by atoms with Gasteiger partial charge >= 0.3 is 5.69 Å². The summed E-state index contributed by atoms with van der Waals surface area (Å²) in [5.74, 6) is -0.361.